The summed E-state index contributed by atoms with van der Waals surface area (Å²) in [7, 11) is 0. The van der Waals surface area contributed by atoms with E-state index in [2.05, 4.69) is 0 Å². The number of rotatable bonds is 10. The predicted molar refractivity (Wildman–Crippen MR) is 82.2 cm³/mol. The van der Waals surface area contributed by atoms with Crippen LogP contribution in [0.25, 0.3) is 0 Å². The van der Waals surface area contributed by atoms with Gasteiger partial charge in [-0.2, -0.15) is 0 Å². The van der Waals surface area contributed by atoms with Gasteiger partial charge < -0.3 is 18.9 Å². The highest BCUT2D eigenvalue weighted by Gasteiger charge is 2.14. The minimum absolute atomic E-state index is 0.0605. The summed E-state index contributed by atoms with van der Waals surface area (Å²) in [5.74, 6) is 0. The number of hydrogen-bond donors (Lipinski definition) is 0. The maximum absolute atomic E-state index is 5.72. The Hall–Kier alpha value is -0.160. The molecule has 3 atom stereocenters. The third-order valence-corrected chi connectivity index (χ3v) is 2.49. The Bertz CT molecular complexity index is 235. The molecule has 0 rings (SSSR count). The SMILES string of the molecule is CC(C)OC(C)COC(C)COC(C)COC(C)(C)C. The lowest BCUT2D eigenvalue weighted by Gasteiger charge is -2.24. The van der Waals surface area contributed by atoms with Crippen molar-refractivity contribution in [2.24, 2.45) is 0 Å². The molecule has 3 unspecified atom stereocenters. The minimum Gasteiger partial charge on any atom is -0.373 e. The molecule has 0 aromatic rings. The van der Waals surface area contributed by atoms with E-state index in [4.69, 9.17) is 18.9 Å². The Morgan fingerprint density at radius 2 is 1.15 bits per heavy atom. The normalized spacial score (nSPS) is 17.2. The van der Waals surface area contributed by atoms with Crippen LogP contribution in [0.1, 0.15) is 55.4 Å². The molecule has 0 fully saturated rings. The van der Waals surface area contributed by atoms with Gasteiger partial charge in [0.15, 0.2) is 0 Å². The van der Waals surface area contributed by atoms with Gasteiger partial charge in [0, 0.05) is 0 Å². The fraction of sp³-hybridized carbons (Fsp3) is 1.00. The van der Waals surface area contributed by atoms with Crippen molar-refractivity contribution in [1.29, 1.82) is 0 Å². The zero-order valence-corrected chi connectivity index (χ0v) is 14.6. The topological polar surface area (TPSA) is 36.9 Å². The van der Waals surface area contributed by atoms with E-state index in [1.807, 2.05) is 55.4 Å². The van der Waals surface area contributed by atoms with Crippen LogP contribution in [0, 0.1) is 0 Å². The second-order valence-corrected chi connectivity index (χ2v) is 6.71. The molecule has 0 heterocycles. The van der Waals surface area contributed by atoms with E-state index in [-0.39, 0.29) is 30.0 Å². The van der Waals surface area contributed by atoms with E-state index in [9.17, 15) is 0 Å². The highest BCUT2D eigenvalue weighted by molar-refractivity contribution is 4.61. The van der Waals surface area contributed by atoms with Gasteiger partial charge in [0.25, 0.3) is 0 Å². The van der Waals surface area contributed by atoms with Crippen LogP contribution in [0.15, 0.2) is 0 Å². The summed E-state index contributed by atoms with van der Waals surface area (Å²) in [6, 6.07) is 0. The van der Waals surface area contributed by atoms with Gasteiger partial charge in [-0.1, -0.05) is 0 Å². The van der Waals surface area contributed by atoms with E-state index in [0.717, 1.165) is 0 Å². The third kappa shape index (κ3) is 12.9. The number of ether oxygens (including phenoxy) is 4. The van der Waals surface area contributed by atoms with Gasteiger partial charge in [-0.25, -0.2) is 0 Å². The molecule has 0 bridgehead atoms. The molecule has 0 aromatic carbocycles. The van der Waals surface area contributed by atoms with Crippen molar-refractivity contribution in [2.45, 2.75) is 85.4 Å². The molecule has 0 aliphatic carbocycles. The first-order valence-corrected chi connectivity index (χ1v) is 7.62. The summed E-state index contributed by atoms with van der Waals surface area (Å²) in [5, 5.41) is 0. The lowest BCUT2D eigenvalue weighted by Crippen LogP contribution is -2.30. The van der Waals surface area contributed by atoms with E-state index in [0.29, 0.717) is 19.8 Å². The van der Waals surface area contributed by atoms with Crippen molar-refractivity contribution in [1.82, 2.24) is 0 Å². The van der Waals surface area contributed by atoms with E-state index >= 15 is 0 Å². The lowest BCUT2D eigenvalue weighted by atomic mass is 10.2. The molecule has 0 aromatic heterocycles. The molecule has 0 aliphatic heterocycles. The molecule has 0 radical (unpaired) electrons. The van der Waals surface area contributed by atoms with Crippen molar-refractivity contribution < 1.29 is 18.9 Å². The van der Waals surface area contributed by atoms with E-state index in [1.165, 1.54) is 0 Å². The van der Waals surface area contributed by atoms with Crippen LogP contribution in [-0.2, 0) is 18.9 Å². The van der Waals surface area contributed by atoms with Crippen molar-refractivity contribution in [3.8, 4) is 0 Å². The van der Waals surface area contributed by atoms with Gasteiger partial charge in [0.2, 0.25) is 0 Å². The fourth-order valence-corrected chi connectivity index (χ4v) is 1.57. The second kappa shape index (κ2) is 9.72. The summed E-state index contributed by atoms with van der Waals surface area (Å²) < 4.78 is 22.7. The first kappa shape index (κ1) is 19.8. The maximum Gasteiger partial charge on any atom is 0.0784 e. The van der Waals surface area contributed by atoms with Crippen LogP contribution in [0.2, 0.25) is 0 Å². The van der Waals surface area contributed by atoms with Crippen molar-refractivity contribution in [2.75, 3.05) is 19.8 Å². The molecule has 0 saturated heterocycles. The second-order valence-electron chi connectivity index (χ2n) is 6.71. The molecule has 4 heteroatoms. The van der Waals surface area contributed by atoms with Gasteiger partial charge in [0.05, 0.1) is 49.8 Å². The monoisotopic (exact) mass is 290 g/mol. The Balaban J connectivity index is 3.69. The highest BCUT2D eigenvalue weighted by atomic mass is 16.6. The maximum atomic E-state index is 5.72. The fourth-order valence-electron chi connectivity index (χ4n) is 1.57. The first-order chi connectivity index (χ1) is 9.10. The molecule has 0 aliphatic rings. The number of hydrogen-bond acceptors (Lipinski definition) is 4. The Labute approximate surface area is 125 Å². The lowest BCUT2D eigenvalue weighted by molar-refractivity contribution is -0.102. The molecular weight excluding hydrogens is 256 g/mol. The highest BCUT2D eigenvalue weighted by Crippen LogP contribution is 2.08. The first-order valence-electron chi connectivity index (χ1n) is 7.62. The van der Waals surface area contributed by atoms with Crippen LogP contribution in [0.4, 0.5) is 0 Å². The van der Waals surface area contributed by atoms with E-state index < -0.39 is 0 Å². The zero-order chi connectivity index (χ0) is 15.8. The molecule has 4 nitrogen and oxygen atoms in total. The minimum atomic E-state index is -0.122. The van der Waals surface area contributed by atoms with E-state index in [1.54, 1.807) is 0 Å². The third-order valence-electron chi connectivity index (χ3n) is 2.49. The van der Waals surface area contributed by atoms with Crippen LogP contribution in [0.5, 0.6) is 0 Å². The van der Waals surface area contributed by atoms with Crippen LogP contribution >= 0.6 is 0 Å². The van der Waals surface area contributed by atoms with Crippen molar-refractivity contribution in [3.63, 3.8) is 0 Å². The van der Waals surface area contributed by atoms with Gasteiger partial charge in [0.1, 0.15) is 0 Å². The molecule has 0 amide bonds. The molecule has 0 saturated carbocycles. The van der Waals surface area contributed by atoms with Crippen molar-refractivity contribution >= 4 is 0 Å². The van der Waals surface area contributed by atoms with Crippen molar-refractivity contribution in [3.05, 3.63) is 0 Å². The Morgan fingerprint density at radius 1 is 0.700 bits per heavy atom. The molecule has 122 valence electrons. The standard InChI is InChI=1S/C16H34O4/c1-12(2)20-15(5)10-18-13(3)9-17-14(4)11-19-16(6,7)8/h12-15H,9-11H2,1-8H3. The molecule has 0 N–H and O–H groups in total. The average Bonchev–Trinajstić information content (AvgIpc) is 2.29. The molecule has 20 heavy (non-hydrogen) atoms. The molecule has 0 spiro atoms. The quantitative estimate of drug-likeness (QED) is 0.618. The zero-order valence-electron chi connectivity index (χ0n) is 14.6. The van der Waals surface area contributed by atoms with Gasteiger partial charge in [-0.15, -0.1) is 0 Å². The average molecular weight is 290 g/mol. The smallest absolute Gasteiger partial charge is 0.0784 e. The predicted octanol–water partition coefficient (Wildman–Crippen LogP) is 3.43. The van der Waals surface area contributed by atoms with Crippen LogP contribution in [0.3, 0.4) is 0 Å². The summed E-state index contributed by atoms with van der Waals surface area (Å²) >= 11 is 0. The summed E-state index contributed by atoms with van der Waals surface area (Å²) in [4.78, 5) is 0. The van der Waals surface area contributed by atoms with Crippen LogP contribution < -0.4 is 0 Å². The summed E-state index contributed by atoms with van der Waals surface area (Å²) in [6.45, 7) is 18.0. The molecular formula is C16H34O4. The van der Waals surface area contributed by atoms with Crippen LogP contribution in [-0.4, -0.2) is 49.8 Å². The Kier molecular flexibility index (Phi) is 9.64. The summed E-state index contributed by atoms with van der Waals surface area (Å²) in [6.07, 6.45) is 0.476. The largest absolute Gasteiger partial charge is 0.373 e. The van der Waals surface area contributed by atoms with Gasteiger partial charge in [-0.05, 0) is 55.4 Å². The van der Waals surface area contributed by atoms with Gasteiger partial charge >= 0.3 is 0 Å². The van der Waals surface area contributed by atoms with Gasteiger partial charge in [-0.3, -0.25) is 0 Å². The Morgan fingerprint density at radius 3 is 1.60 bits per heavy atom. The summed E-state index contributed by atoms with van der Waals surface area (Å²) in [5.41, 5.74) is -0.122.